The number of rotatable bonds is 5. The van der Waals surface area contributed by atoms with Crippen LogP contribution in [-0.2, 0) is 0 Å². The fourth-order valence-corrected chi connectivity index (χ4v) is 5.41. The molecule has 0 fully saturated rings. The van der Waals surface area contributed by atoms with Crippen LogP contribution in [0.1, 0.15) is 41.1 Å². The molecule has 1 aliphatic heterocycles. The Morgan fingerprint density at radius 1 is 1.07 bits per heavy atom. The van der Waals surface area contributed by atoms with Crippen molar-refractivity contribution in [1.29, 1.82) is 0 Å². The van der Waals surface area contributed by atoms with E-state index in [1.165, 1.54) is 16.2 Å². The number of carbonyl (C=O) groups excluding carboxylic acids is 1. The number of nitrogens with zero attached hydrogens (tertiary/aromatic N) is 3. The number of fused-ring (bicyclic) bond motifs is 2. The Kier molecular flexibility index (Phi) is 4.88. The lowest BCUT2D eigenvalue weighted by Gasteiger charge is -2.21. The molecule has 2 aromatic heterocycles. The van der Waals surface area contributed by atoms with Crippen molar-refractivity contribution < 1.29 is 9.21 Å². The lowest BCUT2D eigenvalue weighted by Crippen LogP contribution is -2.29. The van der Waals surface area contributed by atoms with Crippen LogP contribution in [0.4, 0.5) is 5.13 Å². The summed E-state index contributed by atoms with van der Waals surface area (Å²) in [6.07, 6.45) is 1.02. The van der Waals surface area contributed by atoms with Crippen molar-refractivity contribution in [1.82, 2.24) is 10.2 Å². The van der Waals surface area contributed by atoms with Gasteiger partial charge in [-0.05, 0) is 24.1 Å². The first-order chi connectivity index (χ1) is 14.7. The lowest BCUT2D eigenvalue weighted by atomic mass is 9.99. The third kappa shape index (κ3) is 3.03. The summed E-state index contributed by atoms with van der Waals surface area (Å²) >= 11 is 2.96. The van der Waals surface area contributed by atoms with Gasteiger partial charge in [-0.2, -0.15) is 0 Å². The average Bonchev–Trinajstić information content (AvgIpc) is 3.36. The van der Waals surface area contributed by atoms with Gasteiger partial charge in [0, 0.05) is 5.75 Å². The van der Waals surface area contributed by atoms with Crippen molar-refractivity contribution in [3.8, 4) is 0 Å². The zero-order valence-corrected chi connectivity index (χ0v) is 17.7. The van der Waals surface area contributed by atoms with Crippen LogP contribution in [0.15, 0.2) is 68.1 Å². The first kappa shape index (κ1) is 19.0. The number of hydrogen-bond donors (Lipinski definition) is 0. The Bertz CT molecular complexity index is 1300. The zero-order chi connectivity index (χ0) is 20.7. The summed E-state index contributed by atoms with van der Waals surface area (Å²) < 4.78 is 6.73. The molecule has 6 nitrogen and oxygen atoms in total. The summed E-state index contributed by atoms with van der Waals surface area (Å²) in [5.41, 5.74) is 1.38. The topological polar surface area (TPSA) is 76.3 Å². The van der Waals surface area contributed by atoms with Crippen molar-refractivity contribution in [2.75, 3.05) is 10.7 Å². The van der Waals surface area contributed by atoms with Crippen LogP contribution >= 0.6 is 23.1 Å². The summed E-state index contributed by atoms with van der Waals surface area (Å²) in [7, 11) is 0. The minimum absolute atomic E-state index is 0.0746. The van der Waals surface area contributed by atoms with Crippen LogP contribution in [0.25, 0.3) is 11.0 Å². The van der Waals surface area contributed by atoms with E-state index in [1.807, 2.05) is 30.3 Å². The van der Waals surface area contributed by atoms with E-state index in [4.69, 9.17) is 4.42 Å². The number of thioether (sulfide) groups is 1. The molecular weight excluding hydrogens is 418 g/mol. The SMILES string of the molecule is CCCSc1nnc(N2C(=O)c3oc4ccccc4c(=O)c3[C@H]2c2ccccc2)s1. The fourth-order valence-electron chi connectivity index (χ4n) is 3.62. The van der Waals surface area contributed by atoms with Gasteiger partial charge in [-0.25, -0.2) is 0 Å². The summed E-state index contributed by atoms with van der Waals surface area (Å²) in [5.74, 6) is 0.631. The second-order valence-electron chi connectivity index (χ2n) is 6.86. The lowest BCUT2D eigenvalue weighted by molar-refractivity contribution is 0.0970. The Labute approximate surface area is 180 Å². The molecule has 30 heavy (non-hydrogen) atoms. The van der Waals surface area contributed by atoms with E-state index in [-0.39, 0.29) is 17.1 Å². The smallest absolute Gasteiger partial charge is 0.297 e. The predicted molar refractivity (Wildman–Crippen MR) is 119 cm³/mol. The van der Waals surface area contributed by atoms with Crippen LogP contribution in [0.5, 0.6) is 0 Å². The van der Waals surface area contributed by atoms with Gasteiger partial charge < -0.3 is 4.42 Å². The molecule has 0 spiro atoms. The number of carbonyl (C=O) groups is 1. The summed E-state index contributed by atoms with van der Waals surface area (Å²) in [5, 5.41) is 9.42. The highest BCUT2D eigenvalue weighted by atomic mass is 32.2. The molecule has 0 saturated heterocycles. The van der Waals surface area contributed by atoms with Crippen molar-refractivity contribution >= 4 is 45.1 Å². The van der Waals surface area contributed by atoms with Gasteiger partial charge in [0.2, 0.25) is 10.9 Å². The molecular formula is C22H17N3O3S2. The van der Waals surface area contributed by atoms with Crippen LogP contribution < -0.4 is 10.3 Å². The van der Waals surface area contributed by atoms with E-state index in [1.54, 1.807) is 36.0 Å². The molecule has 5 rings (SSSR count). The molecule has 3 heterocycles. The Morgan fingerprint density at radius 2 is 1.83 bits per heavy atom. The molecule has 8 heteroatoms. The zero-order valence-electron chi connectivity index (χ0n) is 16.1. The van der Waals surface area contributed by atoms with E-state index in [0.717, 1.165) is 22.1 Å². The highest BCUT2D eigenvalue weighted by Gasteiger charge is 2.45. The number of anilines is 1. The number of amides is 1. The Balaban J connectivity index is 1.71. The van der Waals surface area contributed by atoms with Gasteiger partial charge in [-0.3, -0.25) is 14.5 Å². The molecule has 0 aliphatic carbocycles. The van der Waals surface area contributed by atoms with Crippen LogP contribution in [0.2, 0.25) is 0 Å². The second kappa shape index (κ2) is 7.70. The van der Waals surface area contributed by atoms with Crippen molar-refractivity contribution in [3.63, 3.8) is 0 Å². The normalized spacial score (nSPS) is 15.7. The van der Waals surface area contributed by atoms with E-state index >= 15 is 0 Å². The number of benzene rings is 2. The van der Waals surface area contributed by atoms with Gasteiger partial charge in [-0.1, -0.05) is 72.5 Å². The standard InChI is InChI=1S/C22H17N3O3S2/c1-2-12-29-22-24-23-21(30-22)25-17(13-8-4-3-5-9-13)16-18(26)14-10-6-7-11-15(14)28-19(16)20(25)27/h3-11,17H,2,12H2,1H3/t17-/m1/s1. The van der Waals surface area contributed by atoms with Gasteiger partial charge in [0.1, 0.15) is 5.58 Å². The molecule has 0 N–H and O–H groups in total. The first-order valence-electron chi connectivity index (χ1n) is 9.59. The quantitative estimate of drug-likeness (QED) is 0.328. The molecule has 1 amide bonds. The highest BCUT2D eigenvalue weighted by Crippen LogP contribution is 2.42. The molecule has 1 aliphatic rings. The van der Waals surface area contributed by atoms with E-state index in [0.29, 0.717) is 21.7 Å². The third-order valence-corrected chi connectivity index (χ3v) is 7.19. The predicted octanol–water partition coefficient (Wildman–Crippen LogP) is 4.90. The second-order valence-corrected chi connectivity index (χ2v) is 9.16. The minimum atomic E-state index is -0.605. The van der Waals surface area contributed by atoms with Crippen LogP contribution in [-0.4, -0.2) is 21.9 Å². The summed E-state index contributed by atoms with van der Waals surface area (Å²) in [6, 6.07) is 15.9. The molecule has 2 aromatic carbocycles. The van der Waals surface area contributed by atoms with Crippen LogP contribution in [0.3, 0.4) is 0 Å². The van der Waals surface area contributed by atoms with Crippen molar-refractivity contribution in [2.24, 2.45) is 0 Å². The summed E-state index contributed by atoms with van der Waals surface area (Å²) in [4.78, 5) is 28.4. The monoisotopic (exact) mass is 435 g/mol. The van der Waals surface area contributed by atoms with Gasteiger partial charge in [-0.15, -0.1) is 10.2 Å². The van der Waals surface area contributed by atoms with Crippen LogP contribution in [0, 0.1) is 0 Å². The average molecular weight is 436 g/mol. The maximum absolute atomic E-state index is 13.4. The maximum atomic E-state index is 13.4. The Morgan fingerprint density at radius 3 is 2.63 bits per heavy atom. The molecule has 0 saturated carbocycles. The third-order valence-electron chi connectivity index (χ3n) is 4.92. The molecule has 0 bridgehead atoms. The maximum Gasteiger partial charge on any atom is 0.297 e. The molecule has 4 aromatic rings. The minimum Gasteiger partial charge on any atom is -0.450 e. The van der Waals surface area contributed by atoms with Crippen molar-refractivity contribution in [3.05, 3.63) is 81.7 Å². The summed E-state index contributed by atoms with van der Waals surface area (Å²) in [6.45, 7) is 2.10. The highest BCUT2D eigenvalue weighted by molar-refractivity contribution is 8.01. The number of aromatic nitrogens is 2. The molecule has 150 valence electrons. The van der Waals surface area contributed by atoms with Gasteiger partial charge in [0.05, 0.1) is 17.0 Å². The molecule has 0 unspecified atom stereocenters. The van der Waals surface area contributed by atoms with Gasteiger partial charge in [0.15, 0.2) is 9.77 Å². The van der Waals surface area contributed by atoms with E-state index < -0.39 is 6.04 Å². The molecule has 1 atom stereocenters. The molecule has 0 radical (unpaired) electrons. The number of para-hydroxylation sites is 1. The van der Waals surface area contributed by atoms with E-state index in [9.17, 15) is 9.59 Å². The number of hydrogen-bond acceptors (Lipinski definition) is 7. The van der Waals surface area contributed by atoms with Gasteiger partial charge >= 0.3 is 0 Å². The van der Waals surface area contributed by atoms with Crippen molar-refractivity contribution in [2.45, 2.75) is 23.7 Å². The first-order valence-corrected chi connectivity index (χ1v) is 11.4. The largest absolute Gasteiger partial charge is 0.450 e. The van der Waals surface area contributed by atoms with Gasteiger partial charge in [0.25, 0.3) is 5.91 Å². The fraction of sp³-hybridized carbons (Fsp3) is 0.182. The van der Waals surface area contributed by atoms with E-state index in [2.05, 4.69) is 17.1 Å². The Hall–Kier alpha value is -2.97.